The van der Waals surface area contributed by atoms with Crippen molar-refractivity contribution in [2.24, 2.45) is 0 Å². The summed E-state index contributed by atoms with van der Waals surface area (Å²) in [7, 11) is -3.82. The number of nitrogens with one attached hydrogen (secondary N) is 1. The molecule has 0 spiro atoms. The zero-order valence-corrected chi connectivity index (χ0v) is 11.9. The van der Waals surface area contributed by atoms with Gasteiger partial charge >= 0.3 is 5.97 Å². The molecule has 0 aliphatic carbocycles. The molecule has 6 nitrogen and oxygen atoms in total. The van der Waals surface area contributed by atoms with Gasteiger partial charge in [-0.05, 0) is 28.9 Å². The lowest BCUT2D eigenvalue weighted by atomic mass is 10.4. The molecule has 17 heavy (non-hydrogen) atoms. The summed E-state index contributed by atoms with van der Waals surface area (Å²) in [6.45, 7) is 1.16. The zero-order chi connectivity index (χ0) is 13.2. The van der Waals surface area contributed by atoms with Gasteiger partial charge in [-0.2, -0.15) is 0 Å². The first-order valence-electron chi connectivity index (χ1n) is 4.43. The molecule has 9 heteroatoms. The maximum Gasteiger partial charge on any atom is 0.345 e. The van der Waals surface area contributed by atoms with Gasteiger partial charge in [0.05, 0.1) is 10.4 Å². The fraction of sp³-hybridized carbons (Fsp3) is 0.375. The van der Waals surface area contributed by atoms with Crippen molar-refractivity contribution in [1.82, 2.24) is 4.72 Å². The van der Waals surface area contributed by atoms with Crippen LogP contribution in [-0.4, -0.2) is 37.2 Å². The minimum Gasteiger partial charge on any atom is -0.477 e. The predicted octanol–water partition coefficient (Wildman–Crippen LogP) is 0.868. The molecule has 0 fully saturated rings. The molecular formula is C8H10BrNO5S2. The third-order valence-electron chi connectivity index (χ3n) is 1.79. The van der Waals surface area contributed by atoms with Crippen LogP contribution in [0.3, 0.4) is 0 Å². The highest BCUT2D eigenvalue weighted by Gasteiger charge is 2.24. The van der Waals surface area contributed by atoms with Crippen LogP contribution >= 0.6 is 27.3 Å². The largest absolute Gasteiger partial charge is 0.477 e. The maximum absolute atomic E-state index is 11.8. The Morgan fingerprint density at radius 3 is 2.65 bits per heavy atom. The van der Waals surface area contributed by atoms with Crippen molar-refractivity contribution in [3.8, 4) is 0 Å². The maximum atomic E-state index is 11.8. The lowest BCUT2D eigenvalue weighted by molar-refractivity contribution is 0.0702. The van der Waals surface area contributed by atoms with Crippen molar-refractivity contribution in [2.45, 2.75) is 17.9 Å². The molecule has 1 heterocycles. The van der Waals surface area contributed by atoms with E-state index in [1.807, 2.05) is 0 Å². The van der Waals surface area contributed by atoms with Gasteiger partial charge in [-0.3, -0.25) is 0 Å². The molecule has 1 aromatic rings. The van der Waals surface area contributed by atoms with E-state index >= 15 is 0 Å². The van der Waals surface area contributed by atoms with Crippen LogP contribution < -0.4 is 4.72 Å². The second-order valence-corrected chi connectivity index (χ2v) is 7.31. The number of aromatic carboxylic acids is 1. The second-order valence-electron chi connectivity index (χ2n) is 3.26. The van der Waals surface area contributed by atoms with E-state index in [9.17, 15) is 13.2 Å². The van der Waals surface area contributed by atoms with Gasteiger partial charge in [0.25, 0.3) is 0 Å². The number of aliphatic hydroxyl groups is 1. The summed E-state index contributed by atoms with van der Waals surface area (Å²) < 4.78 is 26.1. The molecule has 1 atom stereocenters. The third kappa shape index (κ3) is 3.49. The normalized spacial score (nSPS) is 13.6. The number of hydrogen-bond donors (Lipinski definition) is 3. The Morgan fingerprint density at radius 2 is 2.24 bits per heavy atom. The first-order valence-corrected chi connectivity index (χ1v) is 7.53. The van der Waals surface area contributed by atoms with Gasteiger partial charge in [-0.15, -0.1) is 11.3 Å². The number of hydrogen-bond acceptors (Lipinski definition) is 5. The van der Waals surface area contributed by atoms with Crippen molar-refractivity contribution < 1.29 is 23.4 Å². The predicted molar refractivity (Wildman–Crippen MR) is 65.8 cm³/mol. The lowest BCUT2D eigenvalue weighted by Gasteiger charge is -2.10. The Bertz CT molecular complexity index is 524. The molecule has 0 aliphatic rings. The van der Waals surface area contributed by atoms with Crippen molar-refractivity contribution in [3.05, 3.63) is 14.7 Å². The Hall–Kier alpha value is -0.480. The highest BCUT2D eigenvalue weighted by atomic mass is 79.9. The standard InChI is InChI=1S/C8H10BrNO5S2/c1-4(3-11)10-17(14,15)6-2-5(8(12)13)16-7(6)9/h2,4,10-11H,3H2,1H3,(H,12,13)/t4-/m1/s1. The third-order valence-corrected chi connectivity index (χ3v) is 5.62. The summed E-state index contributed by atoms with van der Waals surface area (Å²) >= 11 is 3.83. The van der Waals surface area contributed by atoms with Crippen LogP contribution in [0.5, 0.6) is 0 Å². The second kappa shape index (κ2) is 5.44. The van der Waals surface area contributed by atoms with E-state index in [-0.39, 0.29) is 20.2 Å². The fourth-order valence-electron chi connectivity index (χ4n) is 1.01. The molecule has 1 aromatic heterocycles. The van der Waals surface area contributed by atoms with Crippen LogP contribution in [0.15, 0.2) is 14.7 Å². The molecule has 0 amide bonds. The van der Waals surface area contributed by atoms with Gasteiger partial charge in [0.15, 0.2) is 0 Å². The topological polar surface area (TPSA) is 104 Å². The lowest BCUT2D eigenvalue weighted by Crippen LogP contribution is -2.34. The number of rotatable bonds is 5. The van der Waals surface area contributed by atoms with Crippen molar-refractivity contribution in [2.75, 3.05) is 6.61 Å². The summed E-state index contributed by atoms with van der Waals surface area (Å²) in [5.41, 5.74) is 0. The molecule has 0 aliphatic heterocycles. The molecule has 0 aromatic carbocycles. The van der Waals surface area contributed by atoms with Crippen LogP contribution in [0.25, 0.3) is 0 Å². The van der Waals surface area contributed by atoms with Crippen molar-refractivity contribution in [1.29, 1.82) is 0 Å². The van der Waals surface area contributed by atoms with Crippen LogP contribution in [0.1, 0.15) is 16.6 Å². The number of thiophene rings is 1. The van der Waals surface area contributed by atoms with Crippen LogP contribution in [-0.2, 0) is 10.0 Å². The van der Waals surface area contributed by atoms with Crippen molar-refractivity contribution in [3.63, 3.8) is 0 Å². The molecule has 0 radical (unpaired) electrons. The quantitative estimate of drug-likeness (QED) is 0.735. The highest BCUT2D eigenvalue weighted by Crippen LogP contribution is 2.31. The fourth-order valence-corrected chi connectivity index (χ4v) is 4.64. The molecule has 3 N–H and O–H groups in total. The summed E-state index contributed by atoms with van der Waals surface area (Å²) in [4.78, 5) is 10.5. The van der Waals surface area contributed by atoms with E-state index in [0.29, 0.717) is 0 Å². The Balaban J connectivity index is 3.11. The number of sulfonamides is 1. The number of halogens is 1. The van der Waals surface area contributed by atoms with Gasteiger partial charge in [-0.1, -0.05) is 0 Å². The van der Waals surface area contributed by atoms with E-state index < -0.39 is 22.0 Å². The average molecular weight is 344 g/mol. The first kappa shape index (κ1) is 14.6. The van der Waals surface area contributed by atoms with Gasteiger partial charge in [0.2, 0.25) is 10.0 Å². The van der Waals surface area contributed by atoms with Crippen LogP contribution in [0, 0.1) is 0 Å². The SMILES string of the molecule is C[C@H](CO)NS(=O)(=O)c1cc(C(=O)O)sc1Br. The van der Waals surface area contributed by atoms with E-state index in [4.69, 9.17) is 10.2 Å². The van der Waals surface area contributed by atoms with Gasteiger partial charge in [0.1, 0.15) is 9.77 Å². The number of aliphatic hydroxyl groups excluding tert-OH is 1. The monoisotopic (exact) mass is 343 g/mol. The average Bonchev–Trinajstić information content (AvgIpc) is 2.60. The van der Waals surface area contributed by atoms with E-state index in [2.05, 4.69) is 20.7 Å². The van der Waals surface area contributed by atoms with Gasteiger partial charge < -0.3 is 10.2 Å². The van der Waals surface area contributed by atoms with E-state index in [1.54, 1.807) is 0 Å². The molecule has 0 bridgehead atoms. The number of carbonyl (C=O) groups is 1. The molecule has 0 unspecified atom stereocenters. The van der Waals surface area contributed by atoms with Gasteiger partial charge in [0, 0.05) is 6.04 Å². The summed E-state index contributed by atoms with van der Waals surface area (Å²) in [6, 6.07) is 0.434. The van der Waals surface area contributed by atoms with Gasteiger partial charge in [-0.25, -0.2) is 17.9 Å². The van der Waals surface area contributed by atoms with E-state index in [1.165, 1.54) is 6.92 Å². The summed E-state index contributed by atoms with van der Waals surface area (Å²) in [5.74, 6) is -1.19. The number of carboxylic acid groups (broad SMARTS) is 1. The molecule has 0 saturated heterocycles. The van der Waals surface area contributed by atoms with Crippen LogP contribution in [0.2, 0.25) is 0 Å². The highest BCUT2D eigenvalue weighted by molar-refractivity contribution is 9.11. The molecular weight excluding hydrogens is 334 g/mol. The number of carboxylic acids is 1. The summed E-state index contributed by atoms with van der Waals surface area (Å²) in [6.07, 6.45) is 0. The molecule has 96 valence electrons. The summed E-state index contributed by atoms with van der Waals surface area (Å²) in [5, 5.41) is 17.5. The Labute approximate surface area is 110 Å². The molecule has 1 rings (SSSR count). The smallest absolute Gasteiger partial charge is 0.345 e. The zero-order valence-electron chi connectivity index (χ0n) is 8.68. The van der Waals surface area contributed by atoms with Crippen molar-refractivity contribution >= 4 is 43.3 Å². The molecule has 0 saturated carbocycles. The Morgan fingerprint density at radius 1 is 1.65 bits per heavy atom. The first-order chi connectivity index (χ1) is 7.77. The van der Waals surface area contributed by atoms with Crippen LogP contribution in [0.4, 0.5) is 0 Å². The minimum atomic E-state index is -3.82. The minimum absolute atomic E-state index is 0.0751. The van der Waals surface area contributed by atoms with E-state index in [0.717, 1.165) is 17.4 Å². The Kier molecular flexibility index (Phi) is 4.67.